The van der Waals surface area contributed by atoms with Gasteiger partial charge in [0.25, 0.3) is 5.91 Å². The topological polar surface area (TPSA) is 117 Å². The van der Waals surface area contributed by atoms with Crippen LogP contribution in [0.2, 0.25) is 0 Å². The lowest BCUT2D eigenvalue weighted by Gasteiger charge is -2.19. The number of thiazole rings is 1. The average Bonchev–Trinajstić information content (AvgIpc) is 3.13. The van der Waals surface area contributed by atoms with E-state index in [0.717, 1.165) is 36.3 Å². The van der Waals surface area contributed by atoms with Gasteiger partial charge in [0.2, 0.25) is 5.78 Å². The van der Waals surface area contributed by atoms with Crippen LogP contribution in [-0.4, -0.2) is 33.4 Å². The smallest absolute Gasteiger partial charge is 0.251 e. The molecule has 1 atom stereocenters. The summed E-state index contributed by atoms with van der Waals surface area (Å²) in [6.07, 6.45) is 2.19. The minimum absolute atomic E-state index is 0.0452. The molecule has 1 heterocycles. The number of ketones is 1. The van der Waals surface area contributed by atoms with E-state index in [1.54, 1.807) is 38.1 Å². The van der Waals surface area contributed by atoms with Crippen LogP contribution in [0.5, 0.6) is 0 Å². The van der Waals surface area contributed by atoms with Gasteiger partial charge >= 0.3 is 0 Å². The lowest BCUT2D eigenvalue weighted by molar-refractivity contribution is 0.0673. The number of carbonyl (C=O) groups is 2. The second kappa shape index (κ2) is 10.9. The minimum atomic E-state index is -0.974. The molecule has 1 amide bonds. The van der Waals surface area contributed by atoms with Crippen LogP contribution in [-0.2, 0) is 0 Å². The third-order valence-electron chi connectivity index (χ3n) is 5.25. The predicted molar refractivity (Wildman–Crippen MR) is 133 cm³/mol. The SMILES string of the molecule is CC(CCCC(C)(C)O)NC(=O)c1ccc(Nc2nc(N)c(C(=O)c3c(F)cccc3F)s2)cc1. The Morgan fingerprint density at radius 3 is 2.37 bits per heavy atom. The summed E-state index contributed by atoms with van der Waals surface area (Å²) in [7, 11) is 0. The molecule has 3 aromatic rings. The van der Waals surface area contributed by atoms with Gasteiger partial charge < -0.3 is 21.5 Å². The van der Waals surface area contributed by atoms with E-state index in [9.17, 15) is 23.5 Å². The Balaban J connectivity index is 1.62. The standard InChI is InChI=1S/C25H28F2N4O3S/c1-14(6-5-13-25(2,3)34)29-23(33)15-9-11-16(12-10-15)30-24-31-22(28)21(35-24)20(32)19-17(26)7-4-8-18(19)27/h4,7-12,14,34H,5-6,13,28H2,1-3H3,(H,29,33)(H,30,31). The van der Waals surface area contributed by atoms with Gasteiger partial charge in [-0.3, -0.25) is 9.59 Å². The highest BCUT2D eigenvalue weighted by atomic mass is 32.1. The number of anilines is 3. The van der Waals surface area contributed by atoms with Crippen molar-refractivity contribution in [1.29, 1.82) is 0 Å². The first-order chi connectivity index (χ1) is 16.4. The lowest BCUT2D eigenvalue weighted by atomic mass is 9.99. The third kappa shape index (κ3) is 7.06. The van der Waals surface area contributed by atoms with E-state index in [1.165, 1.54) is 6.07 Å². The van der Waals surface area contributed by atoms with Crippen molar-refractivity contribution in [2.45, 2.75) is 51.7 Å². The first-order valence-corrected chi connectivity index (χ1v) is 11.9. The number of nitrogens with two attached hydrogens (primary N) is 1. The molecular formula is C25H28F2N4O3S. The third-order valence-corrected chi connectivity index (χ3v) is 6.24. The normalized spacial score (nSPS) is 12.3. The molecule has 0 aliphatic rings. The Morgan fingerprint density at radius 2 is 1.77 bits per heavy atom. The Labute approximate surface area is 206 Å². The molecule has 7 nitrogen and oxygen atoms in total. The van der Waals surface area contributed by atoms with E-state index in [2.05, 4.69) is 15.6 Å². The highest BCUT2D eigenvalue weighted by Crippen LogP contribution is 2.31. The van der Waals surface area contributed by atoms with Crippen molar-refractivity contribution in [1.82, 2.24) is 10.3 Å². The molecule has 0 fully saturated rings. The summed E-state index contributed by atoms with van der Waals surface area (Å²) in [5.74, 6) is -3.19. The number of aromatic nitrogens is 1. The summed E-state index contributed by atoms with van der Waals surface area (Å²) in [6.45, 7) is 5.43. The van der Waals surface area contributed by atoms with Crippen LogP contribution >= 0.6 is 11.3 Å². The fourth-order valence-electron chi connectivity index (χ4n) is 3.42. The van der Waals surface area contributed by atoms with Crippen molar-refractivity contribution in [2.75, 3.05) is 11.1 Å². The maximum absolute atomic E-state index is 14.0. The largest absolute Gasteiger partial charge is 0.390 e. The summed E-state index contributed by atoms with van der Waals surface area (Å²) in [4.78, 5) is 29.1. The molecule has 0 radical (unpaired) electrons. The summed E-state index contributed by atoms with van der Waals surface area (Å²) in [5.41, 5.74) is 5.48. The van der Waals surface area contributed by atoms with Crippen molar-refractivity contribution < 1.29 is 23.5 Å². The summed E-state index contributed by atoms with van der Waals surface area (Å²) < 4.78 is 28.0. The van der Waals surface area contributed by atoms with Crippen molar-refractivity contribution >= 4 is 39.7 Å². The molecule has 0 spiro atoms. The van der Waals surface area contributed by atoms with Crippen molar-refractivity contribution in [2.24, 2.45) is 0 Å². The molecule has 0 aliphatic heterocycles. The molecule has 0 aliphatic carbocycles. The van der Waals surface area contributed by atoms with Crippen molar-refractivity contribution in [3.8, 4) is 0 Å². The molecule has 3 rings (SSSR count). The zero-order chi connectivity index (χ0) is 25.8. The number of carbonyl (C=O) groups excluding carboxylic acids is 2. The van der Waals surface area contributed by atoms with Gasteiger partial charge in [0.15, 0.2) is 5.13 Å². The molecule has 0 saturated heterocycles. The maximum Gasteiger partial charge on any atom is 0.251 e. The molecule has 1 aromatic heterocycles. The Hall–Kier alpha value is -3.37. The van der Waals surface area contributed by atoms with Gasteiger partial charge in [-0.25, -0.2) is 13.8 Å². The number of nitrogens with zero attached hydrogens (tertiary/aromatic N) is 1. The fraction of sp³-hybridized carbons (Fsp3) is 0.320. The summed E-state index contributed by atoms with van der Waals surface area (Å²) >= 11 is 0.876. The number of rotatable bonds is 10. The van der Waals surface area contributed by atoms with Crippen LogP contribution in [0, 0.1) is 11.6 Å². The quantitative estimate of drug-likeness (QED) is 0.289. The van der Waals surface area contributed by atoms with Crippen LogP contribution in [0.1, 0.15) is 65.6 Å². The second-order valence-electron chi connectivity index (χ2n) is 8.94. The molecule has 2 aromatic carbocycles. The van der Waals surface area contributed by atoms with Gasteiger partial charge in [0, 0.05) is 17.3 Å². The Kier molecular flexibility index (Phi) is 8.18. The number of nitrogens with one attached hydrogen (secondary N) is 2. The maximum atomic E-state index is 14.0. The Bertz CT molecular complexity index is 1190. The zero-order valence-corrected chi connectivity index (χ0v) is 20.5. The van der Waals surface area contributed by atoms with Crippen LogP contribution in [0.25, 0.3) is 0 Å². The molecule has 10 heteroatoms. The highest BCUT2D eigenvalue weighted by Gasteiger charge is 2.24. The van der Waals surface area contributed by atoms with Gasteiger partial charge in [-0.2, -0.15) is 0 Å². The van der Waals surface area contributed by atoms with Crippen LogP contribution in [0.3, 0.4) is 0 Å². The number of hydrogen-bond donors (Lipinski definition) is 4. The number of halogens is 2. The monoisotopic (exact) mass is 502 g/mol. The van der Waals surface area contributed by atoms with E-state index in [1.807, 2.05) is 6.92 Å². The van der Waals surface area contributed by atoms with Crippen LogP contribution in [0.4, 0.5) is 25.4 Å². The van der Waals surface area contributed by atoms with Gasteiger partial charge in [0.1, 0.15) is 22.3 Å². The highest BCUT2D eigenvalue weighted by molar-refractivity contribution is 7.18. The van der Waals surface area contributed by atoms with Gasteiger partial charge in [-0.1, -0.05) is 17.4 Å². The molecular weight excluding hydrogens is 474 g/mol. The van der Waals surface area contributed by atoms with E-state index >= 15 is 0 Å². The van der Waals surface area contributed by atoms with Gasteiger partial charge in [0.05, 0.1) is 11.2 Å². The number of benzene rings is 2. The average molecular weight is 503 g/mol. The van der Waals surface area contributed by atoms with Gasteiger partial charge in [-0.05, 0) is 76.4 Å². The molecule has 0 saturated carbocycles. The van der Waals surface area contributed by atoms with E-state index in [0.29, 0.717) is 17.7 Å². The summed E-state index contributed by atoms with van der Waals surface area (Å²) in [5, 5.41) is 16.0. The number of nitrogen functional groups attached to an aromatic ring is 1. The molecule has 0 bridgehead atoms. The van der Waals surface area contributed by atoms with Crippen molar-refractivity contribution in [3.05, 3.63) is 70.1 Å². The van der Waals surface area contributed by atoms with Crippen molar-refractivity contribution in [3.63, 3.8) is 0 Å². The number of hydrogen-bond acceptors (Lipinski definition) is 7. The number of amides is 1. The fourth-order valence-corrected chi connectivity index (χ4v) is 4.28. The zero-order valence-electron chi connectivity index (χ0n) is 19.7. The van der Waals surface area contributed by atoms with E-state index in [-0.39, 0.29) is 27.8 Å². The molecule has 1 unspecified atom stereocenters. The molecule has 186 valence electrons. The van der Waals surface area contributed by atoms with E-state index in [4.69, 9.17) is 5.73 Å². The first kappa shape index (κ1) is 26.2. The first-order valence-electron chi connectivity index (χ1n) is 11.1. The summed E-state index contributed by atoms with van der Waals surface area (Å²) in [6, 6.07) is 9.75. The minimum Gasteiger partial charge on any atom is -0.390 e. The van der Waals surface area contributed by atoms with Crippen LogP contribution < -0.4 is 16.4 Å². The molecule has 35 heavy (non-hydrogen) atoms. The lowest BCUT2D eigenvalue weighted by Crippen LogP contribution is -2.33. The van der Waals surface area contributed by atoms with E-state index < -0.39 is 28.6 Å². The Morgan fingerprint density at radius 1 is 1.14 bits per heavy atom. The number of aliphatic hydroxyl groups is 1. The van der Waals surface area contributed by atoms with Crippen LogP contribution in [0.15, 0.2) is 42.5 Å². The molecule has 5 N–H and O–H groups in total. The predicted octanol–water partition coefficient (Wildman–Crippen LogP) is 5.04. The second-order valence-corrected chi connectivity index (χ2v) is 9.94. The van der Waals surface area contributed by atoms with Gasteiger partial charge in [-0.15, -0.1) is 0 Å².